The first kappa shape index (κ1) is 14.1. The van der Waals surface area contributed by atoms with E-state index in [1.165, 1.54) is 6.07 Å². The first-order valence-electron chi connectivity index (χ1n) is 5.61. The van der Waals surface area contributed by atoms with E-state index in [4.69, 9.17) is 0 Å². The highest BCUT2D eigenvalue weighted by molar-refractivity contribution is 9.10. The van der Waals surface area contributed by atoms with Crippen LogP contribution in [0.25, 0.3) is 0 Å². The van der Waals surface area contributed by atoms with Gasteiger partial charge in [0.15, 0.2) is 17.5 Å². The summed E-state index contributed by atoms with van der Waals surface area (Å²) in [5, 5.41) is 2.90. The van der Waals surface area contributed by atoms with Crippen LogP contribution < -0.4 is 5.32 Å². The molecule has 2 rings (SSSR count). The third-order valence-corrected chi connectivity index (χ3v) is 3.60. The first-order chi connectivity index (χ1) is 9.06. The fourth-order valence-electron chi connectivity index (χ4n) is 1.95. The van der Waals surface area contributed by atoms with Gasteiger partial charge in [-0.3, -0.25) is 0 Å². The first-order valence-corrected chi connectivity index (χ1v) is 6.40. The minimum absolute atomic E-state index is 0.0632. The molecule has 5 heteroatoms. The van der Waals surface area contributed by atoms with Gasteiger partial charge < -0.3 is 5.32 Å². The second-order valence-electron chi connectivity index (χ2n) is 4.01. The van der Waals surface area contributed by atoms with E-state index < -0.39 is 23.5 Å². The lowest BCUT2D eigenvalue weighted by Gasteiger charge is -2.19. The van der Waals surface area contributed by atoms with E-state index in [1.807, 2.05) is 6.07 Å². The van der Waals surface area contributed by atoms with Crippen LogP contribution in [0.4, 0.5) is 13.2 Å². The summed E-state index contributed by atoms with van der Waals surface area (Å²) in [6.07, 6.45) is 0. The summed E-state index contributed by atoms with van der Waals surface area (Å²) >= 11 is 3.36. The summed E-state index contributed by atoms with van der Waals surface area (Å²) in [4.78, 5) is 0. The van der Waals surface area contributed by atoms with E-state index in [1.54, 1.807) is 25.2 Å². The smallest absolute Gasteiger partial charge is 0.194 e. The molecule has 0 saturated heterocycles. The van der Waals surface area contributed by atoms with Crippen LogP contribution >= 0.6 is 15.9 Å². The molecule has 0 bridgehead atoms. The van der Waals surface area contributed by atoms with Gasteiger partial charge in [-0.25, -0.2) is 13.2 Å². The van der Waals surface area contributed by atoms with Crippen molar-refractivity contribution in [2.24, 2.45) is 0 Å². The number of rotatable bonds is 3. The summed E-state index contributed by atoms with van der Waals surface area (Å²) in [5.74, 6) is -3.82. The molecule has 0 amide bonds. The van der Waals surface area contributed by atoms with Gasteiger partial charge in [0, 0.05) is 10.0 Å². The Morgan fingerprint density at radius 2 is 1.63 bits per heavy atom. The minimum atomic E-state index is -1.45. The fourth-order valence-corrected chi connectivity index (χ4v) is 2.47. The lowest BCUT2D eigenvalue weighted by atomic mass is 9.98. The quantitative estimate of drug-likeness (QED) is 0.833. The molecule has 1 unspecified atom stereocenters. The van der Waals surface area contributed by atoms with Crippen molar-refractivity contribution in [1.29, 1.82) is 0 Å². The largest absolute Gasteiger partial charge is 0.309 e. The van der Waals surface area contributed by atoms with Crippen molar-refractivity contribution in [3.8, 4) is 0 Å². The Morgan fingerprint density at radius 3 is 2.26 bits per heavy atom. The van der Waals surface area contributed by atoms with Crippen LogP contribution in [0.2, 0.25) is 0 Å². The Morgan fingerprint density at radius 1 is 0.947 bits per heavy atom. The summed E-state index contributed by atoms with van der Waals surface area (Å²) in [6, 6.07) is 8.81. The van der Waals surface area contributed by atoms with Gasteiger partial charge >= 0.3 is 0 Å². The van der Waals surface area contributed by atoms with Crippen LogP contribution in [0.5, 0.6) is 0 Å². The number of hydrogen-bond donors (Lipinski definition) is 1. The molecule has 0 fully saturated rings. The molecule has 0 radical (unpaired) electrons. The molecule has 2 aromatic rings. The van der Waals surface area contributed by atoms with Crippen molar-refractivity contribution >= 4 is 15.9 Å². The summed E-state index contributed by atoms with van der Waals surface area (Å²) in [7, 11) is 1.63. The fraction of sp³-hybridized carbons (Fsp3) is 0.143. The molecule has 0 aromatic heterocycles. The van der Waals surface area contributed by atoms with E-state index in [0.29, 0.717) is 0 Å². The van der Waals surface area contributed by atoms with Crippen molar-refractivity contribution in [3.63, 3.8) is 0 Å². The van der Waals surface area contributed by atoms with Crippen molar-refractivity contribution in [1.82, 2.24) is 5.32 Å². The number of nitrogens with one attached hydrogen (secondary N) is 1. The second kappa shape index (κ2) is 5.75. The normalized spacial score (nSPS) is 12.5. The Balaban J connectivity index is 2.55. The minimum Gasteiger partial charge on any atom is -0.309 e. The molecular weight excluding hydrogens is 319 g/mol. The van der Waals surface area contributed by atoms with Gasteiger partial charge in [0.05, 0.1) is 6.04 Å². The van der Waals surface area contributed by atoms with Crippen LogP contribution in [-0.4, -0.2) is 7.05 Å². The molecule has 1 nitrogen and oxygen atoms in total. The zero-order valence-electron chi connectivity index (χ0n) is 10.1. The van der Waals surface area contributed by atoms with Gasteiger partial charge in [0.2, 0.25) is 0 Å². The Hall–Kier alpha value is -1.33. The van der Waals surface area contributed by atoms with E-state index in [9.17, 15) is 13.2 Å². The molecule has 0 heterocycles. The van der Waals surface area contributed by atoms with E-state index >= 15 is 0 Å². The van der Waals surface area contributed by atoms with Crippen molar-refractivity contribution in [3.05, 3.63) is 69.4 Å². The zero-order valence-corrected chi connectivity index (χ0v) is 11.6. The van der Waals surface area contributed by atoms with Gasteiger partial charge in [-0.05, 0) is 24.7 Å². The molecule has 19 heavy (non-hydrogen) atoms. The van der Waals surface area contributed by atoms with Crippen LogP contribution in [0, 0.1) is 17.5 Å². The van der Waals surface area contributed by atoms with Crippen molar-refractivity contribution < 1.29 is 13.2 Å². The second-order valence-corrected chi connectivity index (χ2v) is 4.86. The predicted octanol–water partition coefficient (Wildman–Crippen LogP) is 4.18. The Kier molecular flexibility index (Phi) is 4.27. The average Bonchev–Trinajstić information content (AvgIpc) is 2.41. The van der Waals surface area contributed by atoms with Gasteiger partial charge in [0.25, 0.3) is 0 Å². The van der Waals surface area contributed by atoms with Gasteiger partial charge in [-0.2, -0.15) is 0 Å². The SMILES string of the molecule is CNC(c1ccccc1Br)c1ccc(F)c(F)c1F. The Labute approximate surface area is 117 Å². The van der Waals surface area contributed by atoms with E-state index in [-0.39, 0.29) is 5.56 Å². The molecule has 2 aromatic carbocycles. The summed E-state index contributed by atoms with van der Waals surface area (Å²) in [5.41, 5.74) is 0.809. The number of benzene rings is 2. The lowest BCUT2D eigenvalue weighted by molar-refractivity contribution is 0.435. The molecule has 0 aliphatic rings. The number of halogens is 4. The topological polar surface area (TPSA) is 12.0 Å². The molecule has 1 N–H and O–H groups in total. The third kappa shape index (κ3) is 2.67. The van der Waals surface area contributed by atoms with Gasteiger partial charge in [0.1, 0.15) is 0 Å². The maximum absolute atomic E-state index is 13.8. The molecule has 1 atom stereocenters. The molecule has 0 spiro atoms. The standard InChI is InChI=1S/C14H11BrF3N/c1-19-14(8-4-2-3-5-10(8)15)9-6-7-11(16)13(18)12(9)17/h2-7,14,19H,1H3. The highest BCUT2D eigenvalue weighted by Crippen LogP contribution is 2.30. The van der Waals surface area contributed by atoms with Crippen molar-refractivity contribution in [2.45, 2.75) is 6.04 Å². The van der Waals surface area contributed by atoms with Gasteiger partial charge in [-0.1, -0.05) is 40.2 Å². The van der Waals surface area contributed by atoms with Crippen LogP contribution in [0.15, 0.2) is 40.9 Å². The predicted molar refractivity (Wildman–Crippen MR) is 71.4 cm³/mol. The molecular formula is C14H11BrF3N. The summed E-state index contributed by atoms with van der Waals surface area (Å²) < 4.78 is 40.9. The Bertz CT molecular complexity index is 601. The maximum atomic E-state index is 13.8. The summed E-state index contributed by atoms with van der Waals surface area (Å²) in [6.45, 7) is 0. The molecule has 0 saturated carbocycles. The van der Waals surface area contributed by atoms with Crippen LogP contribution in [0.3, 0.4) is 0 Å². The highest BCUT2D eigenvalue weighted by Gasteiger charge is 2.22. The molecule has 0 aliphatic heterocycles. The van der Waals surface area contributed by atoms with E-state index in [0.717, 1.165) is 16.1 Å². The molecule has 0 aliphatic carbocycles. The van der Waals surface area contributed by atoms with Crippen LogP contribution in [0.1, 0.15) is 17.2 Å². The average molecular weight is 330 g/mol. The highest BCUT2D eigenvalue weighted by atomic mass is 79.9. The van der Waals surface area contributed by atoms with Crippen molar-refractivity contribution in [2.75, 3.05) is 7.05 Å². The monoisotopic (exact) mass is 329 g/mol. The maximum Gasteiger partial charge on any atom is 0.194 e. The van der Waals surface area contributed by atoms with Gasteiger partial charge in [-0.15, -0.1) is 0 Å². The van der Waals surface area contributed by atoms with E-state index in [2.05, 4.69) is 21.2 Å². The lowest BCUT2D eigenvalue weighted by Crippen LogP contribution is -2.20. The third-order valence-electron chi connectivity index (χ3n) is 2.88. The number of hydrogen-bond acceptors (Lipinski definition) is 1. The zero-order chi connectivity index (χ0) is 14.0. The molecule has 100 valence electrons. The van der Waals surface area contributed by atoms with Crippen LogP contribution in [-0.2, 0) is 0 Å².